The van der Waals surface area contributed by atoms with E-state index < -0.39 is 5.97 Å². The Balaban J connectivity index is 2.06. The molecule has 0 radical (unpaired) electrons. The van der Waals surface area contributed by atoms with Crippen LogP contribution in [0.15, 0.2) is 61.2 Å². The van der Waals surface area contributed by atoms with Crippen molar-refractivity contribution >= 4 is 11.5 Å². The van der Waals surface area contributed by atoms with Crippen LogP contribution in [0.2, 0.25) is 0 Å². The lowest BCUT2D eigenvalue weighted by Crippen LogP contribution is -2.09. The fourth-order valence-corrected chi connectivity index (χ4v) is 1.57. The Kier molecular flexibility index (Phi) is 3.98. The van der Waals surface area contributed by atoms with Crippen molar-refractivity contribution in [1.82, 2.24) is 0 Å². The molecule has 0 atom stereocenters. The summed E-state index contributed by atoms with van der Waals surface area (Å²) in [5.41, 5.74) is 1.08. The van der Waals surface area contributed by atoms with E-state index in [1.165, 1.54) is 0 Å². The summed E-state index contributed by atoms with van der Waals surface area (Å²) in [6.45, 7) is 3.76. The topological polar surface area (TPSA) is 35.5 Å². The third-order valence-electron chi connectivity index (χ3n) is 2.64. The van der Waals surface area contributed by atoms with Gasteiger partial charge >= 0.3 is 5.97 Å². The highest BCUT2D eigenvalue weighted by molar-refractivity contribution is 6.16. The van der Waals surface area contributed by atoms with Crippen LogP contribution in [0.3, 0.4) is 0 Å². The highest BCUT2D eigenvalue weighted by atomic mass is 16.5. The Morgan fingerprint density at radius 2 is 1.53 bits per heavy atom. The van der Waals surface area contributed by atoms with Crippen molar-refractivity contribution in [2.75, 3.05) is 7.11 Å². The third kappa shape index (κ3) is 3.22. The number of hydrogen-bond acceptors (Lipinski definition) is 3. The van der Waals surface area contributed by atoms with Gasteiger partial charge in [0.2, 0.25) is 0 Å². The normalized spacial score (nSPS) is 9.74. The molecular weight excluding hydrogens is 240 g/mol. The van der Waals surface area contributed by atoms with Gasteiger partial charge in [-0.15, -0.1) is 0 Å². The van der Waals surface area contributed by atoms with Gasteiger partial charge in [0, 0.05) is 0 Å². The molecule has 2 rings (SSSR count). The summed E-state index contributed by atoms with van der Waals surface area (Å²) in [7, 11) is 1.58. The van der Waals surface area contributed by atoms with Gasteiger partial charge in [-0.3, -0.25) is 0 Å². The molecule has 0 spiro atoms. The number of carbonyl (C=O) groups excluding carboxylic acids is 1. The molecule has 0 aliphatic rings. The molecule has 0 heterocycles. The number of ether oxygens (including phenoxy) is 2. The van der Waals surface area contributed by atoms with Gasteiger partial charge < -0.3 is 9.47 Å². The Morgan fingerprint density at radius 1 is 0.947 bits per heavy atom. The number of rotatable bonds is 4. The van der Waals surface area contributed by atoms with E-state index >= 15 is 0 Å². The summed E-state index contributed by atoms with van der Waals surface area (Å²) in [6.07, 6.45) is 0. The van der Waals surface area contributed by atoms with E-state index in [1.54, 1.807) is 31.4 Å². The summed E-state index contributed by atoms with van der Waals surface area (Å²) in [4.78, 5) is 11.9. The van der Waals surface area contributed by atoms with Crippen molar-refractivity contribution < 1.29 is 14.3 Å². The molecule has 0 aliphatic heterocycles. The summed E-state index contributed by atoms with van der Waals surface area (Å²) < 4.78 is 10.3. The smallest absolute Gasteiger partial charge is 0.343 e. The molecule has 3 nitrogen and oxygen atoms in total. The van der Waals surface area contributed by atoms with Gasteiger partial charge in [-0.05, 0) is 29.8 Å². The van der Waals surface area contributed by atoms with Crippen LogP contribution in [0.1, 0.15) is 5.56 Å². The second-order valence-corrected chi connectivity index (χ2v) is 3.91. The fourth-order valence-electron chi connectivity index (χ4n) is 1.57. The highest BCUT2D eigenvalue weighted by Gasteiger charge is 2.11. The summed E-state index contributed by atoms with van der Waals surface area (Å²) in [5, 5.41) is 0. The lowest BCUT2D eigenvalue weighted by atomic mass is 10.1. The second-order valence-electron chi connectivity index (χ2n) is 3.91. The van der Waals surface area contributed by atoms with E-state index in [0.717, 1.165) is 5.56 Å². The molecule has 0 fully saturated rings. The predicted molar refractivity (Wildman–Crippen MR) is 74.1 cm³/mol. The van der Waals surface area contributed by atoms with Gasteiger partial charge in [0.05, 0.1) is 12.7 Å². The maximum absolute atomic E-state index is 11.9. The number of benzene rings is 2. The maximum atomic E-state index is 11.9. The minimum Gasteiger partial charge on any atom is -0.497 e. The molecule has 3 heteroatoms. The Labute approximate surface area is 112 Å². The number of esters is 1. The number of hydrogen-bond donors (Lipinski definition) is 0. The average molecular weight is 254 g/mol. The van der Waals surface area contributed by atoms with Crippen LogP contribution in [0, 0.1) is 0 Å². The molecule has 0 aromatic heterocycles. The lowest BCUT2D eigenvalue weighted by Gasteiger charge is -2.07. The van der Waals surface area contributed by atoms with Crippen molar-refractivity contribution in [3.63, 3.8) is 0 Å². The van der Waals surface area contributed by atoms with Crippen molar-refractivity contribution in [3.8, 4) is 11.5 Å². The molecule has 0 N–H and O–H groups in total. The minimum absolute atomic E-state index is 0.330. The molecule has 19 heavy (non-hydrogen) atoms. The van der Waals surface area contributed by atoms with Crippen LogP contribution in [0.5, 0.6) is 11.5 Å². The minimum atomic E-state index is -0.462. The predicted octanol–water partition coefficient (Wildman–Crippen LogP) is 3.31. The van der Waals surface area contributed by atoms with Crippen molar-refractivity contribution in [1.29, 1.82) is 0 Å². The van der Waals surface area contributed by atoms with Gasteiger partial charge in [0.15, 0.2) is 0 Å². The van der Waals surface area contributed by atoms with Gasteiger partial charge in [-0.1, -0.05) is 36.9 Å². The second kappa shape index (κ2) is 5.87. The standard InChI is InChI=1S/C16H14O3/c1-12(13-6-4-3-5-7-13)16(17)19-15-10-8-14(18-2)9-11-15/h3-11H,1H2,2H3. The highest BCUT2D eigenvalue weighted by Crippen LogP contribution is 2.20. The Hall–Kier alpha value is -2.55. The summed E-state index contributed by atoms with van der Waals surface area (Å²) in [6, 6.07) is 16.0. The zero-order valence-electron chi connectivity index (χ0n) is 10.6. The van der Waals surface area contributed by atoms with Crippen LogP contribution in [0.4, 0.5) is 0 Å². The summed E-state index contributed by atoms with van der Waals surface area (Å²) >= 11 is 0. The Bertz CT molecular complexity index is 571. The first-order chi connectivity index (χ1) is 9.20. The fraction of sp³-hybridized carbons (Fsp3) is 0.0625. The van der Waals surface area contributed by atoms with Gasteiger partial charge in [-0.2, -0.15) is 0 Å². The largest absolute Gasteiger partial charge is 0.497 e. The monoisotopic (exact) mass is 254 g/mol. The molecule has 0 saturated heterocycles. The van der Waals surface area contributed by atoms with Crippen molar-refractivity contribution in [2.24, 2.45) is 0 Å². The van der Waals surface area contributed by atoms with E-state index in [1.807, 2.05) is 30.3 Å². The maximum Gasteiger partial charge on any atom is 0.343 e. The Morgan fingerprint density at radius 3 is 2.11 bits per heavy atom. The molecule has 96 valence electrons. The molecule has 2 aromatic carbocycles. The number of methoxy groups -OCH3 is 1. The van der Waals surface area contributed by atoms with Crippen LogP contribution in [-0.2, 0) is 4.79 Å². The van der Waals surface area contributed by atoms with E-state index in [2.05, 4.69) is 6.58 Å². The van der Waals surface area contributed by atoms with E-state index in [0.29, 0.717) is 17.1 Å². The van der Waals surface area contributed by atoms with Gasteiger partial charge in [-0.25, -0.2) is 4.79 Å². The zero-order chi connectivity index (χ0) is 13.7. The van der Waals surface area contributed by atoms with E-state index in [-0.39, 0.29) is 0 Å². The first kappa shape index (κ1) is 12.9. The van der Waals surface area contributed by atoms with Crippen molar-refractivity contribution in [3.05, 3.63) is 66.7 Å². The first-order valence-corrected chi connectivity index (χ1v) is 5.81. The lowest BCUT2D eigenvalue weighted by molar-refractivity contribution is -0.127. The first-order valence-electron chi connectivity index (χ1n) is 5.81. The molecule has 0 unspecified atom stereocenters. The molecular formula is C16H14O3. The number of carbonyl (C=O) groups is 1. The summed E-state index contributed by atoms with van der Waals surface area (Å²) in [5.74, 6) is 0.709. The molecule has 0 amide bonds. The quantitative estimate of drug-likeness (QED) is 0.477. The van der Waals surface area contributed by atoms with Crippen molar-refractivity contribution in [2.45, 2.75) is 0 Å². The van der Waals surface area contributed by atoms with Crippen LogP contribution >= 0.6 is 0 Å². The molecule has 0 bridgehead atoms. The molecule has 0 aliphatic carbocycles. The molecule has 2 aromatic rings. The van der Waals surface area contributed by atoms with Gasteiger partial charge in [0.1, 0.15) is 11.5 Å². The van der Waals surface area contributed by atoms with Crippen LogP contribution in [-0.4, -0.2) is 13.1 Å². The van der Waals surface area contributed by atoms with Crippen LogP contribution in [0.25, 0.3) is 5.57 Å². The van der Waals surface area contributed by atoms with Gasteiger partial charge in [0.25, 0.3) is 0 Å². The third-order valence-corrected chi connectivity index (χ3v) is 2.64. The van der Waals surface area contributed by atoms with Crippen LogP contribution < -0.4 is 9.47 Å². The average Bonchev–Trinajstić information content (AvgIpc) is 2.48. The van der Waals surface area contributed by atoms with E-state index in [4.69, 9.17) is 9.47 Å². The molecule has 0 saturated carbocycles. The SMILES string of the molecule is C=C(C(=O)Oc1ccc(OC)cc1)c1ccccc1. The zero-order valence-corrected chi connectivity index (χ0v) is 10.6. The van der Waals surface area contributed by atoms with E-state index in [9.17, 15) is 4.79 Å².